The van der Waals surface area contributed by atoms with Gasteiger partial charge in [0.05, 0.1) is 19.3 Å². The molecule has 0 radical (unpaired) electrons. The van der Waals surface area contributed by atoms with Gasteiger partial charge in [0.15, 0.2) is 5.78 Å². The molecule has 0 aromatic heterocycles. The largest absolute Gasteiger partial charge is 0.497 e. The van der Waals surface area contributed by atoms with E-state index in [2.05, 4.69) is 0 Å². The Labute approximate surface area is 213 Å². The van der Waals surface area contributed by atoms with Crippen molar-refractivity contribution in [1.82, 2.24) is 0 Å². The van der Waals surface area contributed by atoms with Crippen molar-refractivity contribution in [3.8, 4) is 11.5 Å². The molecule has 0 N–H and O–H groups in total. The minimum Gasteiger partial charge on any atom is -0.497 e. The molecule has 0 saturated heterocycles. The van der Waals surface area contributed by atoms with Crippen molar-refractivity contribution < 1.29 is 23.8 Å². The molecule has 0 bridgehead atoms. The quantitative estimate of drug-likeness (QED) is 0.445. The van der Waals surface area contributed by atoms with Gasteiger partial charge in [-0.05, 0) is 70.7 Å². The third kappa shape index (κ3) is 5.23. The number of Topliss-reactive ketones (excluding diaryl/α,β-unsaturated/α-hetero) is 1. The Morgan fingerprint density at radius 3 is 2.31 bits per heavy atom. The number of ketones is 1. The fourth-order valence-electron chi connectivity index (χ4n) is 5.22. The monoisotopic (exact) mass is 489 g/mol. The fraction of sp³-hybridized carbons (Fsp3) is 0.433. The van der Waals surface area contributed by atoms with Gasteiger partial charge in [0.1, 0.15) is 17.4 Å². The molecule has 6 nitrogen and oxygen atoms in total. The number of allylic oxidation sites excluding steroid dienone is 2. The minimum atomic E-state index is -0.690. The predicted molar refractivity (Wildman–Crippen MR) is 140 cm³/mol. The zero-order chi connectivity index (χ0) is 26.0. The molecule has 36 heavy (non-hydrogen) atoms. The van der Waals surface area contributed by atoms with Crippen LogP contribution in [0.1, 0.15) is 70.4 Å². The van der Waals surface area contributed by atoms with Crippen LogP contribution in [0.2, 0.25) is 0 Å². The number of aliphatic imine (C=N–C) groups is 1. The average molecular weight is 490 g/mol. The first-order chi connectivity index (χ1) is 17.2. The number of carbonyl (C=O) groups excluding carboxylic acids is 2. The van der Waals surface area contributed by atoms with E-state index in [0.29, 0.717) is 29.9 Å². The number of nitrogens with zero attached hydrogens (tertiary/aromatic N) is 1. The second-order valence-electron chi connectivity index (χ2n) is 10.1. The zero-order valence-electron chi connectivity index (χ0n) is 21.9. The van der Waals surface area contributed by atoms with E-state index < -0.39 is 11.8 Å². The van der Waals surface area contributed by atoms with E-state index in [1.165, 1.54) is 0 Å². The van der Waals surface area contributed by atoms with Crippen LogP contribution in [0.3, 0.4) is 0 Å². The molecule has 0 fully saturated rings. The van der Waals surface area contributed by atoms with Gasteiger partial charge >= 0.3 is 5.97 Å². The molecule has 6 heteroatoms. The van der Waals surface area contributed by atoms with Gasteiger partial charge < -0.3 is 14.2 Å². The highest BCUT2D eigenvalue weighted by atomic mass is 16.5. The number of methoxy groups -OCH3 is 1. The number of para-hydroxylation sites is 1. The number of hydrogen-bond donors (Lipinski definition) is 0. The molecule has 190 valence electrons. The summed E-state index contributed by atoms with van der Waals surface area (Å²) < 4.78 is 17.1. The van der Waals surface area contributed by atoms with E-state index in [-0.39, 0.29) is 29.9 Å². The lowest BCUT2D eigenvalue weighted by molar-refractivity contribution is -0.150. The smallest absolute Gasteiger partial charge is 0.315 e. The summed E-state index contributed by atoms with van der Waals surface area (Å²) in [7, 11) is 1.64. The second kappa shape index (κ2) is 10.7. The standard InChI is InChI=1S/C30H35NO5/c1-17(2)35-26-10-8-7-9-23(26)28-27(30(33)36-18(3)4)19(5)31-24-15-21(16-25(32)29(24)28)20-11-13-22(34-6)14-12-20/h7-14,17-18,21,27-28H,15-16H2,1-6H3/t21-,27?,28+/m0/s1. The Balaban J connectivity index is 1.81. The normalized spacial score (nSPS) is 21.8. The van der Waals surface area contributed by atoms with E-state index in [9.17, 15) is 9.59 Å². The molecule has 2 aromatic carbocycles. The summed E-state index contributed by atoms with van der Waals surface area (Å²) >= 11 is 0. The van der Waals surface area contributed by atoms with Crippen LogP contribution in [0.15, 0.2) is 64.8 Å². The first kappa shape index (κ1) is 25.7. The van der Waals surface area contributed by atoms with E-state index in [1.807, 2.05) is 83.1 Å². The van der Waals surface area contributed by atoms with Gasteiger partial charge in [0, 0.05) is 34.9 Å². The molecule has 2 aromatic rings. The highest BCUT2D eigenvalue weighted by Crippen LogP contribution is 2.48. The average Bonchev–Trinajstić information content (AvgIpc) is 2.82. The first-order valence-corrected chi connectivity index (χ1v) is 12.6. The van der Waals surface area contributed by atoms with Crippen LogP contribution in [-0.4, -0.2) is 36.8 Å². The van der Waals surface area contributed by atoms with Gasteiger partial charge in [-0.25, -0.2) is 0 Å². The number of benzene rings is 2. The number of ether oxygens (including phenoxy) is 3. The number of rotatable bonds is 7. The lowest BCUT2D eigenvalue weighted by Gasteiger charge is -2.37. The predicted octanol–water partition coefficient (Wildman–Crippen LogP) is 6.01. The van der Waals surface area contributed by atoms with Crippen LogP contribution >= 0.6 is 0 Å². The van der Waals surface area contributed by atoms with Crippen molar-refractivity contribution in [2.75, 3.05) is 7.11 Å². The summed E-state index contributed by atoms with van der Waals surface area (Å²) in [5.41, 5.74) is 3.91. The maximum absolute atomic E-state index is 13.8. The van der Waals surface area contributed by atoms with Crippen molar-refractivity contribution >= 4 is 17.5 Å². The third-order valence-corrected chi connectivity index (χ3v) is 6.70. The van der Waals surface area contributed by atoms with Crippen molar-refractivity contribution in [1.29, 1.82) is 0 Å². The summed E-state index contributed by atoms with van der Waals surface area (Å²) in [6, 6.07) is 15.5. The van der Waals surface area contributed by atoms with E-state index in [4.69, 9.17) is 19.2 Å². The fourth-order valence-corrected chi connectivity index (χ4v) is 5.22. The molecular formula is C30H35NO5. The molecule has 4 rings (SSSR count). The van der Waals surface area contributed by atoms with Gasteiger partial charge in [-0.2, -0.15) is 0 Å². The number of hydrogen-bond acceptors (Lipinski definition) is 6. The van der Waals surface area contributed by atoms with Crippen LogP contribution in [0.4, 0.5) is 0 Å². The third-order valence-electron chi connectivity index (χ3n) is 6.70. The molecule has 3 atom stereocenters. The number of esters is 1. The van der Waals surface area contributed by atoms with E-state index in [1.54, 1.807) is 7.11 Å². The van der Waals surface area contributed by atoms with Crippen molar-refractivity contribution in [3.05, 3.63) is 70.9 Å². The van der Waals surface area contributed by atoms with Gasteiger partial charge in [-0.1, -0.05) is 30.3 Å². The minimum absolute atomic E-state index is 0.0139. The Morgan fingerprint density at radius 1 is 0.972 bits per heavy atom. The van der Waals surface area contributed by atoms with E-state index in [0.717, 1.165) is 22.6 Å². The van der Waals surface area contributed by atoms with Gasteiger partial charge in [0.25, 0.3) is 0 Å². The second-order valence-corrected chi connectivity index (χ2v) is 10.1. The summed E-state index contributed by atoms with van der Waals surface area (Å²) in [5, 5.41) is 0. The van der Waals surface area contributed by atoms with Crippen molar-refractivity contribution in [3.63, 3.8) is 0 Å². The summed E-state index contributed by atoms with van der Waals surface area (Å²) in [5.74, 6) is -0.0902. The zero-order valence-corrected chi connectivity index (χ0v) is 21.9. The Kier molecular flexibility index (Phi) is 7.62. The molecule has 0 spiro atoms. The maximum atomic E-state index is 13.8. The summed E-state index contributed by atoms with van der Waals surface area (Å²) in [6.45, 7) is 9.44. The van der Waals surface area contributed by atoms with Crippen LogP contribution < -0.4 is 9.47 Å². The molecule has 2 aliphatic rings. The van der Waals surface area contributed by atoms with Gasteiger partial charge in [-0.15, -0.1) is 0 Å². The maximum Gasteiger partial charge on any atom is 0.315 e. The molecule has 1 aliphatic carbocycles. The van der Waals surface area contributed by atoms with Gasteiger partial charge in [-0.3, -0.25) is 14.6 Å². The number of carbonyl (C=O) groups is 2. The summed E-state index contributed by atoms with van der Waals surface area (Å²) in [6.07, 6.45) is 0.654. The first-order valence-electron chi connectivity index (χ1n) is 12.6. The van der Waals surface area contributed by atoms with Crippen molar-refractivity contribution in [2.45, 2.75) is 71.5 Å². The van der Waals surface area contributed by atoms with Crippen LogP contribution in [-0.2, 0) is 14.3 Å². The lowest BCUT2D eigenvalue weighted by atomic mass is 9.69. The van der Waals surface area contributed by atoms with Crippen LogP contribution in [0.5, 0.6) is 11.5 Å². The Morgan fingerprint density at radius 2 is 1.67 bits per heavy atom. The van der Waals surface area contributed by atoms with Crippen molar-refractivity contribution in [2.24, 2.45) is 10.9 Å². The molecule has 0 saturated carbocycles. The highest BCUT2D eigenvalue weighted by Gasteiger charge is 2.46. The Hall–Kier alpha value is -3.41. The van der Waals surface area contributed by atoms with Crippen LogP contribution in [0, 0.1) is 5.92 Å². The molecule has 0 amide bonds. The molecule has 1 heterocycles. The Bertz CT molecular complexity index is 1190. The molecule has 1 unspecified atom stereocenters. The summed E-state index contributed by atoms with van der Waals surface area (Å²) in [4.78, 5) is 32.0. The lowest BCUT2D eigenvalue weighted by Crippen LogP contribution is -2.39. The van der Waals surface area contributed by atoms with Crippen LogP contribution in [0.25, 0.3) is 0 Å². The topological polar surface area (TPSA) is 74.2 Å². The molecule has 1 aliphatic heterocycles. The molecular weight excluding hydrogens is 454 g/mol. The SMILES string of the molecule is COc1ccc([C@@H]2CC(=O)C3=C(C2)N=C(C)C(C(=O)OC(C)C)[C@H]3c2ccccc2OC(C)C)cc1. The van der Waals surface area contributed by atoms with Gasteiger partial charge in [0.2, 0.25) is 0 Å². The highest BCUT2D eigenvalue weighted by molar-refractivity contribution is 6.09. The van der Waals surface area contributed by atoms with E-state index >= 15 is 0 Å².